The van der Waals surface area contributed by atoms with Crippen molar-refractivity contribution in [3.05, 3.63) is 59.7 Å². The molecule has 0 bridgehead atoms. The van der Waals surface area contributed by atoms with Gasteiger partial charge in [-0.15, -0.1) is 0 Å². The van der Waals surface area contributed by atoms with Gasteiger partial charge < -0.3 is 9.88 Å². The van der Waals surface area contributed by atoms with Crippen LogP contribution in [0.15, 0.2) is 48.5 Å². The van der Waals surface area contributed by atoms with Gasteiger partial charge in [-0.25, -0.2) is 0 Å². The average molecular weight is 341 g/mol. The number of nitrogens with one attached hydrogen (secondary N) is 1. The van der Waals surface area contributed by atoms with E-state index >= 15 is 0 Å². The van der Waals surface area contributed by atoms with Crippen LogP contribution in [0.2, 0.25) is 0 Å². The quantitative estimate of drug-likeness (QED) is 0.812. The van der Waals surface area contributed by atoms with E-state index in [0.29, 0.717) is 12.3 Å². The molecule has 2 nitrogen and oxygen atoms in total. The third-order valence-electron chi connectivity index (χ3n) is 5.11. The molecule has 1 saturated carbocycles. The summed E-state index contributed by atoms with van der Waals surface area (Å²) in [7, 11) is -2.64. The van der Waals surface area contributed by atoms with Gasteiger partial charge >= 0.3 is 0 Å². The summed E-state index contributed by atoms with van der Waals surface area (Å²) in [4.78, 5) is 0. The normalized spacial score (nSPS) is 16.2. The third-order valence-corrected chi connectivity index (χ3v) is 8.00. The van der Waals surface area contributed by atoms with Crippen molar-refractivity contribution in [2.24, 2.45) is 0 Å². The molecule has 2 aromatic rings. The van der Waals surface area contributed by atoms with Gasteiger partial charge in [0, 0.05) is 16.7 Å². The topological polar surface area (TPSA) is 29.1 Å². The van der Waals surface area contributed by atoms with Crippen LogP contribution in [-0.4, -0.2) is 12.3 Å². The Labute approximate surface area is 146 Å². The molecule has 0 atom stereocenters. The molecule has 0 aliphatic heterocycles. The van der Waals surface area contributed by atoms with Crippen LogP contribution >= 0.6 is 7.14 Å². The molecule has 0 saturated heterocycles. The van der Waals surface area contributed by atoms with Gasteiger partial charge in [0.05, 0.1) is 6.29 Å². The van der Waals surface area contributed by atoms with E-state index in [-0.39, 0.29) is 0 Å². The van der Waals surface area contributed by atoms with Crippen LogP contribution in [0.3, 0.4) is 0 Å². The number of hydrogen-bond acceptors (Lipinski definition) is 2. The fourth-order valence-electron chi connectivity index (χ4n) is 3.47. The zero-order valence-electron chi connectivity index (χ0n) is 14.8. The van der Waals surface area contributed by atoms with E-state index < -0.39 is 7.14 Å². The molecule has 0 aromatic heterocycles. The fraction of sp³-hybridized carbons (Fsp3) is 0.429. The van der Waals surface area contributed by atoms with Crippen LogP contribution < -0.4 is 15.9 Å². The highest BCUT2D eigenvalue weighted by Crippen LogP contribution is 2.42. The average Bonchev–Trinajstić information content (AvgIpc) is 2.62. The van der Waals surface area contributed by atoms with Gasteiger partial charge in [-0.2, -0.15) is 0 Å². The van der Waals surface area contributed by atoms with Gasteiger partial charge in [-0.3, -0.25) is 0 Å². The largest absolute Gasteiger partial charge is 0.312 e. The summed E-state index contributed by atoms with van der Waals surface area (Å²) in [6.07, 6.45) is 6.90. The predicted molar refractivity (Wildman–Crippen MR) is 104 cm³/mol. The third kappa shape index (κ3) is 3.99. The van der Waals surface area contributed by atoms with E-state index in [1.165, 1.54) is 43.2 Å². The van der Waals surface area contributed by atoms with Gasteiger partial charge in [0.1, 0.15) is 0 Å². The molecule has 1 aliphatic rings. The lowest BCUT2D eigenvalue weighted by molar-refractivity contribution is 0.388. The van der Waals surface area contributed by atoms with Gasteiger partial charge in [-0.05, 0) is 26.7 Å². The van der Waals surface area contributed by atoms with Gasteiger partial charge in [0.2, 0.25) is 0 Å². The summed E-state index contributed by atoms with van der Waals surface area (Å²) in [6.45, 7) is 4.14. The minimum absolute atomic E-state index is 0.517. The lowest BCUT2D eigenvalue weighted by Crippen LogP contribution is -2.35. The van der Waals surface area contributed by atoms with Crippen LogP contribution in [0.4, 0.5) is 0 Å². The van der Waals surface area contributed by atoms with Crippen LogP contribution in [-0.2, 0) is 4.57 Å². The van der Waals surface area contributed by atoms with Crippen molar-refractivity contribution in [3.8, 4) is 0 Å². The van der Waals surface area contributed by atoms with Crippen molar-refractivity contribution in [3.63, 3.8) is 0 Å². The first-order chi connectivity index (χ1) is 11.6. The molecule has 0 heterocycles. The maximum Gasteiger partial charge on any atom is 0.156 e. The standard InChI is InChI=1S/C21H28NOP/c1-17-8-12-20(13-9-17)24(23,21-14-10-18(2)11-15-21)16-22-19-6-4-3-5-7-19/h8-15,19,22H,3-7,16H2,1-2H3. The van der Waals surface area contributed by atoms with Crippen LogP contribution in [0, 0.1) is 13.8 Å². The highest BCUT2D eigenvalue weighted by atomic mass is 31.2. The number of benzene rings is 2. The zero-order chi connectivity index (χ0) is 17.0. The Morgan fingerprint density at radius 1 is 0.833 bits per heavy atom. The van der Waals surface area contributed by atoms with E-state index in [1.54, 1.807) is 0 Å². The van der Waals surface area contributed by atoms with Crippen molar-refractivity contribution in [1.82, 2.24) is 5.32 Å². The van der Waals surface area contributed by atoms with Crippen molar-refractivity contribution in [2.75, 3.05) is 6.29 Å². The van der Waals surface area contributed by atoms with E-state index in [0.717, 1.165) is 10.6 Å². The lowest BCUT2D eigenvalue weighted by Gasteiger charge is -2.27. The van der Waals surface area contributed by atoms with Gasteiger partial charge in [-0.1, -0.05) is 78.9 Å². The maximum atomic E-state index is 14.0. The summed E-state index contributed by atoms with van der Waals surface area (Å²) in [6, 6.07) is 16.9. The second-order valence-electron chi connectivity index (χ2n) is 7.11. The second-order valence-corrected chi connectivity index (χ2v) is 9.94. The van der Waals surface area contributed by atoms with Gasteiger partial charge in [0.25, 0.3) is 0 Å². The van der Waals surface area contributed by atoms with Crippen molar-refractivity contribution >= 4 is 17.8 Å². The Morgan fingerprint density at radius 3 is 1.75 bits per heavy atom. The molecule has 2 aromatic carbocycles. The first kappa shape index (κ1) is 17.5. The van der Waals surface area contributed by atoms with E-state index in [9.17, 15) is 4.57 Å². The minimum Gasteiger partial charge on any atom is -0.312 e. The number of rotatable bonds is 5. The molecule has 128 valence electrons. The number of aryl methyl sites for hydroxylation is 2. The molecule has 0 amide bonds. The highest BCUT2D eigenvalue weighted by molar-refractivity contribution is 7.78. The van der Waals surface area contributed by atoms with E-state index in [1.807, 2.05) is 24.3 Å². The molecule has 3 rings (SSSR count). The molecular weight excluding hydrogens is 313 g/mol. The molecule has 24 heavy (non-hydrogen) atoms. The molecular formula is C21H28NOP. The molecule has 1 N–H and O–H groups in total. The Bertz CT molecular complexity index is 650. The summed E-state index contributed by atoms with van der Waals surface area (Å²) in [5.74, 6) is 0. The maximum absolute atomic E-state index is 14.0. The van der Waals surface area contributed by atoms with Crippen molar-refractivity contribution < 1.29 is 4.57 Å². The number of hydrogen-bond donors (Lipinski definition) is 1. The van der Waals surface area contributed by atoms with Crippen molar-refractivity contribution in [1.29, 1.82) is 0 Å². The lowest BCUT2D eigenvalue weighted by atomic mass is 9.96. The van der Waals surface area contributed by atoms with Crippen LogP contribution in [0.25, 0.3) is 0 Å². The fourth-order valence-corrected chi connectivity index (χ4v) is 5.91. The van der Waals surface area contributed by atoms with E-state index in [2.05, 4.69) is 43.4 Å². The smallest absolute Gasteiger partial charge is 0.156 e. The Balaban J connectivity index is 1.89. The first-order valence-corrected chi connectivity index (χ1v) is 10.9. The predicted octanol–water partition coefficient (Wildman–Crippen LogP) is 4.50. The summed E-state index contributed by atoms with van der Waals surface area (Å²) >= 11 is 0. The van der Waals surface area contributed by atoms with Gasteiger partial charge in [0.15, 0.2) is 7.14 Å². The van der Waals surface area contributed by atoms with Crippen LogP contribution in [0.5, 0.6) is 0 Å². The zero-order valence-corrected chi connectivity index (χ0v) is 15.7. The van der Waals surface area contributed by atoms with Crippen LogP contribution in [0.1, 0.15) is 43.2 Å². The monoisotopic (exact) mass is 341 g/mol. The summed E-state index contributed by atoms with van der Waals surface area (Å²) < 4.78 is 14.0. The SMILES string of the molecule is Cc1ccc(P(=O)(CNC2CCCCC2)c2ccc(C)cc2)cc1. The second kappa shape index (κ2) is 7.68. The summed E-state index contributed by atoms with van der Waals surface area (Å²) in [5.41, 5.74) is 2.41. The molecule has 3 heteroatoms. The van der Waals surface area contributed by atoms with Crippen molar-refractivity contribution in [2.45, 2.75) is 52.0 Å². The molecule has 1 aliphatic carbocycles. The minimum atomic E-state index is -2.64. The molecule has 0 radical (unpaired) electrons. The highest BCUT2D eigenvalue weighted by Gasteiger charge is 2.28. The first-order valence-electron chi connectivity index (χ1n) is 9.05. The Hall–Kier alpha value is -1.37. The Morgan fingerprint density at radius 2 is 1.29 bits per heavy atom. The molecule has 1 fully saturated rings. The molecule has 0 spiro atoms. The molecule has 0 unspecified atom stereocenters. The Kier molecular flexibility index (Phi) is 5.58. The van der Waals surface area contributed by atoms with E-state index in [4.69, 9.17) is 0 Å². The summed E-state index contributed by atoms with van der Waals surface area (Å²) in [5, 5.41) is 5.54.